The highest BCUT2D eigenvalue weighted by Gasteiger charge is 2.15. The minimum atomic E-state index is -1.21. The number of para-hydroxylation sites is 1. The lowest BCUT2D eigenvalue weighted by Crippen LogP contribution is -2.11. The fourth-order valence-electron chi connectivity index (χ4n) is 1.27. The average Bonchev–Trinajstić information content (AvgIpc) is 2.30. The Hall–Kier alpha value is -1.62. The van der Waals surface area contributed by atoms with E-state index in [0.29, 0.717) is 13.2 Å². The van der Waals surface area contributed by atoms with E-state index < -0.39 is 11.8 Å². The van der Waals surface area contributed by atoms with Crippen molar-refractivity contribution in [1.82, 2.24) is 0 Å². The number of benzene rings is 1. The maximum absolute atomic E-state index is 13.4. The molecule has 94 valence electrons. The number of rotatable bonds is 7. The van der Waals surface area contributed by atoms with Gasteiger partial charge in [-0.2, -0.15) is 0 Å². The lowest BCUT2D eigenvalue weighted by atomic mass is 10.2. The van der Waals surface area contributed by atoms with Crippen LogP contribution < -0.4 is 4.74 Å². The van der Waals surface area contributed by atoms with Gasteiger partial charge in [0, 0.05) is 6.61 Å². The molecule has 0 spiro atoms. The Morgan fingerprint density at radius 3 is 2.76 bits per heavy atom. The zero-order chi connectivity index (χ0) is 12.7. The smallest absolute Gasteiger partial charge is 0.339 e. The van der Waals surface area contributed by atoms with Crippen LogP contribution in [-0.2, 0) is 4.74 Å². The summed E-state index contributed by atoms with van der Waals surface area (Å²) in [6.45, 7) is 3.01. The van der Waals surface area contributed by atoms with Crippen LogP contribution in [-0.4, -0.2) is 30.9 Å². The van der Waals surface area contributed by atoms with Crippen LogP contribution in [0.3, 0.4) is 0 Å². The summed E-state index contributed by atoms with van der Waals surface area (Å²) in [5.74, 6) is -2.13. The number of hydrogen-bond donors (Lipinski definition) is 1. The lowest BCUT2D eigenvalue weighted by molar-refractivity contribution is 0.0683. The van der Waals surface area contributed by atoms with E-state index in [1.807, 2.05) is 6.92 Å². The summed E-state index contributed by atoms with van der Waals surface area (Å²) < 4.78 is 23.6. The second-order valence-electron chi connectivity index (χ2n) is 3.38. The van der Waals surface area contributed by atoms with Gasteiger partial charge in [0.2, 0.25) is 0 Å². The number of carboxylic acids is 1. The Morgan fingerprint density at radius 2 is 2.12 bits per heavy atom. The zero-order valence-corrected chi connectivity index (χ0v) is 9.61. The van der Waals surface area contributed by atoms with Crippen LogP contribution in [0.1, 0.15) is 23.7 Å². The first-order chi connectivity index (χ1) is 8.16. The van der Waals surface area contributed by atoms with E-state index >= 15 is 0 Å². The van der Waals surface area contributed by atoms with Gasteiger partial charge in [-0.1, -0.05) is 13.0 Å². The molecular formula is C12H15FO4. The second-order valence-corrected chi connectivity index (χ2v) is 3.38. The molecule has 0 fully saturated rings. The number of carboxylic acid groups (broad SMARTS) is 1. The van der Waals surface area contributed by atoms with Gasteiger partial charge in [-0.25, -0.2) is 9.18 Å². The predicted octanol–water partition coefficient (Wildman–Crippen LogP) is 2.33. The average molecular weight is 242 g/mol. The highest BCUT2D eigenvalue weighted by molar-refractivity contribution is 5.90. The summed E-state index contributed by atoms with van der Waals surface area (Å²) >= 11 is 0. The summed E-state index contributed by atoms with van der Waals surface area (Å²) in [4.78, 5) is 10.8. The Balaban J connectivity index is 2.60. The van der Waals surface area contributed by atoms with Crippen molar-refractivity contribution < 1.29 is 23.8 Å². The Labute approximate surface area is 99.0 Å². The maximum atomic E-state index is 13.4. The minimum absolute atomic E-state index is 0.126. The van der Waals surface area contributed by atoms with E-state index in [2.05, 4.69) is 0 Å². The standard InChI is InChI=1S/C12H15FO4/c1-2-6-16-7-8-17-11-9(12(14)15)4-3-5-10(11)13/h3-5H,2,6-8H2,1H3,(H,14,15). The van der Waals surface area contributed by atoms with Gasteiger partial charge in [-0.15, -0.1) is 0 Å². The molecule has 0 bridgehead atoms. The van der Waals surface area contributed by atoms with Gasteiger partial charge in [-0.05, 0) is 18.6 Å². The van der Waals surface area contributed by atoms with Gasteiger partial charge >= 0.3 is 5.97 Å². The molecule has 1 N–H and O–H groups in total. The van der Waals surface area contributed by atoms with Crippen molar-refractivity contribution in [3.8, 4) is 5.75 Å². The third-order valence-electron chi connectivity index (χ3n) is 2.02. The molecule has 0 heterocycles. The Kier molecular flexibility index (Phi) is 5.42. The number of hydrogen-bond acceptors (Lipinski definition) is 3. The van der Waals surface area contributed by atoms with Gasteiger partial charge in [0.15, 0.2) is 11.6 Å². The lowest BCUT2D eigenvalue weighted by Gasteiger charge is -2.10. The Bertz CT molecular complexity index is 379. The fourth-order valence-corrected chi connectivity index (χ4v) is 1.27. The van der Waals surface area contributed by atoms with Crippen LogP contribution in [0.2, 0.25) is 0 Å². The number of carbonyl (C=O) groups is 1. The second kappa shape index (κ2) is 6.85. The van der Waals surface area contributed by atoms with Crippen molar-refractivity contribution in [2.75, 3.05) is 19.8 Å². The molecule has 1 aromatic carbocycles. The van der Waals surface area contributed by atoms with Crippen molar-refractivity contribution >= 4 is 5.97 Å². The van der Waals surface area contributed by atoms with E-state index in [0.717, 1.165) is 12.5 Å². The molecule has 0 aliphatic rings. The van der Waals surface area contributed by atoms with Crippen LogP contribution in [0.5, 0.6) is 5.75 Å². The number of aromatic carboxylic acids is 1. The van der Waals surface area contributed by atoms with Crippen LogP contribution >= 0.6 is 0 Å². The molecule has 1 aromatic rings. The highest BCUT2D eigenvalue weighted by Crippen LogP contribution is 2.22. The Morgan fingerprint density at radius 1 is 1.35 bits per heavy atom. The van der Waals surface area contributed by atoms with Crippen molar-refractivity contribution in [2.24, 2.45) is 0 Å². The normalized spacial score (nSPS) is 10.2. The van der Waals surface area contributed by atoms with Gasteiger partial charge in [0.05, 0.1) is 6.61 Å². The topological polar surface area (TPSA) is 55.8 Å². The van der Waals surface area contributed by atoms with E-state index in [1.54, 1.807) is 0 Å². The molecule has 0 radical (unpaired) electrons. The molecule has 1 rings (SSSR count). The molecule has 0 unspecified atom stereocenters. The van der Waals surface area contributed by atoms with Crippen molar-refractivity contribution in [3.05, 3.63) is 29.6 Å². The molecule has 4 nitrogen and oxygen atoms in total. The van der Waals surface area contributed by atoms with Crippen molar-refractivity contribution in [3.63, 3.8) is 0 Å². The summed E-state index contributed by atoms with van der Waals surface area (Å²) in [7, 11) is 0. The van der Waals surface area contributed by atoms with E-state index in [-0.39, 0.29) is 17.9 Å². The highest BCUT2D eigenvalue weighted by atomic mass is 19.1. The van der Waals surface area contributed by atoms with Crippen LogP contribution in [0, 0.1) is 5.82 Å². The summed E-state index contributed by atoms with van der Waals surface area (Å²) in [5.41, 5.74) is -0.180. The van der Waals surface area contributed by atoms with E-state index in [4.69, 9.17) is 14.6 Å². The first kappa shape index (κ1) is 13.4. The quantitative estimate of drug-likeness (QED) is 0.745. The van der Waals surface area contributed by atoms with Crippen molar-refractivity contribution in [1.29, 1.82) is 0 Å². The van der Waals surface area contributed by atoms with Crippen LogP contribution in [0.15, 0.2) is 18.2 Å². The maximum Gasteiger partial charge on any atom is 0.339 e. The molecule has 5 heteroatoms. The minimum Gasteiger partial charge on any atom is -0.487 e. The molecule has 0 saturated heterocycles. The van der Waals surface area contributed by atoms with Crippen LogP contribution in [0.4, 0.5) is 4.39 Å². The largest absolute Gasteiger partial charge is 0.487 e. The monoisotopic (exact) mass is 242 g/mol. The first-order valence-electron chi connectivity index (χ1n) is 5.39. The molecule has 0 saturated carbocycles. The molecule has 0 aliphatic heterocycles. The summed E-state index contributed by atoms with van der Waals surface area (Å²) in [6.07, 6.45) is 0.889. The zero-order valence-electron chi connectivity index (χ0n) is 9.61. The van der Waals surface area contributed by atoms with Gasteiger partial charge < -0.3 is 14.6 Å². The van der Waals surface area contributed by atoms with E-state index in [1.165, 1.54) is 12.1 Å². The molecule has 17 heavy (non-hydrogen) atoms. The molecule has 0 amide bonds. The SMILES string of the molecule is CCCOCCOc1c(F)cccc1C(=O)O. The molecule has 0 aromatic heterocycles. The summed E-state index contributed by atoms with van der Waals surface area (Å²) in [6, 6.07) is 3.79. The van der Waals surface area contributed by atoms with Gasteiger partial charge in [0.25, 0.3) is 0 Å². The predicted molar refractivity (Wildman–Crippen MR) is 60.0 cm³/mol. The van der Waals surface area contributed by atoms with Gasteiger partial charge in [-0.3, -0.25) is 0 Å². The first-order valence-corrected chi connectivity index (χ1v) is 5.39. The third-order valence-corrected chi connectivity index (χ3v) is 2.02. The molecule has 0 aliphatic carbocycles. The van der Waals surface area contributed by atoms with Gasteiger partial charge in [0.1, 0.15) is 12.2 Å². The summed E-state index contributed by atoms with van der Waals surface area (Å²) in [5, 5.41) is 8.85. The fraction of sp³-hybridized carbons (Fsp3) is 0.417. The number of halogens is 1. The third kappa shape index (κ3) is 4.03. The van der Waals surface area contributed by atoms with Crippen LogP contribution in [0.25, 0.3) is 0 Å². The molecular weight excluding hydrogens is 227 g/mol. The van der Waals surface area contributed by atoms with E-state index in [9.17, 15) is 9.18 Å². The van der Waals surface area contributed by atoms with Crippen molar-refractivity contribution in [2.45, 2.75) is 13.3 Å². The number of ether oxygens (including phenoxy) is 2. The molecule has 0 atom stereocenters.